The molecule has 0 heterocycles. The monoisotopic (exact) mass is 379 g/mol. The van der Waals surface area contributed by atoms with E-state index in [1.807, 2.05) is 13.0 Å². The molecule has 0 bridgehead atoms. The van der Waals surface area contributed by atoms with E-state index in [9.17, 15) is 13.6 Å². The zero-order valence-electron chi connectivity index (χ0n) is 15.8. The van der Waals surface area contributed by atoms with Crippen molar-refractivity contribution in [3.05, 3.63) is 71.3 Å². The topological polar surface area (TPSA) is 58.6 Å². The minimum absolute atomic E-state index is 0.0349. The molecule has 2 aromatic carbocycles. The minimum atomic E-state index is -0.411. The van der Waals surface area contributed by atoms with Crippen molar-refractivity contribution < 1.29 is 23.5 Å². The van der Waals surface area contributed by atoms with E-state index in [0.29, 0.717) is 18.6 Å². The molecule has 1 unspecified atom stereocenters. The summed E-state index contributed by atoms with van der Waals surface area (Å²) in [5.74, 6) is -0.813. The summed E-state index contributed by atoms with van der Waals surface area (Å²) in [6.45, 7) is 4.18. The van der Waals surface area contributed by atoms with Gasteiger partial charge in [0.2, 0.25) is 5.91 Å². The Hall–Kier alpha value is -2.31. The largest absolute Gasteiger partial charge is 0.374 e. The van der Waals surface area contributed by atoms with Gasteiger partial charge in [0.05, 0.1) is 12.7 Å². The van der Waals surface area contributed by atoms with Crippen molar-refractivity contribution in [2.24, 2.45) is 0 Å². The molecule has 2 N–H and O–H groups in total. The van der Waals surface area contributed by atoms with Crippen LogP contribution in [0.2, 0.25) is 0 Å². The van der Waals surface area contributed by atoms with Crippen LogP contribution in [0, 0.1) is 18.6 Å². The first kappa shape index (κ1) is 22.7. The van der Waals surface area contributed by atoms with E-state index in [0.717, 1.165) is 18.4 Å². The van der Waals surface area contributed by atoms with Crippen LogP contribution in [0.4, 0.5) is 8.78 Å². The Labute approximate surface area is 159 Å². The molecule has 0 saturated carbocycles. The molecule has 0 radical (unpaired) electrons. The molecule has 2 rings (SSSR count). The lowest BCUT2D eigenvalue weighted by Gasteiger charge is -2.16. The summed E-state index contributed by atoms with van der Waals surface area (Å²) in [6.07, 6.45) is 2.55. The Balaban J connectivity index is 0.000000377. The zero-order valence-corrected chi connectivity index (χ0v) is 15.8. The van der Waals surface area contributed by atoms with Crippen molar-refractivity contribution in [1.82, 2.24) is 5.48 Å². The van der Waals surface area contributed by atoms with Crippen LogP contribution in [0.5, 0.6) is 0 Å². The van der Waals surface area contributed by atoms with Gasteiger partial charge in [-0.3, -0.25) is 10.0 Å². The summed E-state index contributed by atoms with van der Waals surface area (Å²) in [6, 6.07) is 12.8. The molecule has 4 nitrogen and oxygen atoms in total. The Morgan fingerprint density at radius 1 is 1.11 bits per heavy atom. The highest BCUT2D eigenvalue weighted by Crippen LogP contribution is 2.13. The second-order valence-corrected chi connectivity index (χ2v) is 6.17. The van der Waals surface area contributed by atoms with Gasteiger partial charge in [0.25, 0.3) is 0 Å². The molecule has 6 heteroatoms. The second-order valence-electron chi connectivity index (χ2n) is 6.17. The number of halogens is 2. The highest BCUT2D eigenvalue weighted by Gasteiger charge is 2.11. The Morgan fingerprint density at radius 2 is 1.78 bits per heavy atom. The smallest absolute Gasteiger partial charge is 0.243 e. The predicted octanol–water partition coefficient (Wildman–Crippen LogP) is 4.93. The number of nitrogens with one attached hydrogen (secondary N) is 1. The first-order valence-electron chi connectivity index (χ1n) is 8.96. The Morgan fingerprint density at radius 3 is 2.30 bits per heavy atom. The summed E-state index contributed by atoms with van der Waals surface area (Å²) in [5, 5.41) is 8.44. The Kier molecular flexibility index (Phi) is 10.9. The standard InChI is InChI=1S/C14H20FNO3.C7H7F/c1-2-3-13(8-9-14(17)16-18)19-10-11-4-6-12(15)7-5-11;1-6-4-2-3-5-7(6)8/h4-7,13,18H,2-3,8-10H2,1H3,(H,16,17);2-5H,1H3. The molecule has 0 fully saturated rings. The fourth-order valence-corrected chi connectivity index (χ4v) is 2.33. The van der Waals surface area contributed by atoms with Gasteiger partial charge in [-0.25, -0.2) is 14.3 Å². The average molecular weight is 379 g/mol. The van der Waals surface area contributed by atoms with Crippen LogP contribution in [0.15, 0.2) is 48.5 Å². The molecule has 0 spiro atoms. The average Bonchev–Trinajstić information content (AvgIpc) is 2.68. The van der Waals surface area contributed by atoms with Gasteiger partial charge in [0.15, 0.2) is 0 Å². The third-order valence-electron chi connectivity index (χ3n) is 3.90. The summed E-state index contributed by atoms with van der Waals surface area (Å²) in [4.78, 5) is 11.0. The van der Waals surface area contributed by atoms with Crippen molar-refractivity contribution in [2.75, 3.05) is 0 Å². The molecule has 0 aliphatic carbocycles. The normalized spacial score (nSPS) is 11.3. The maximum Gasteiger partial charge on any atom is 0.243 e. The van der Waals surface area contributed by atoms with Crippen LogP contribution < -0.4 is 5.48 Å². The molecule has 148 valence electrons. The molecule has 0 aliphatic heterocycles. The minimum Gasteiger partial charge on any atom is -0.374 e. The van der Waals surface area contributed by atoms with E-state index in [1.54, 1.807) is 36.7 Å². The molecule has 0 aromatic heterocycles. The highest BCUT2D eigenvalue weighted by atomic mass is 19.1. The maximum absolute atomic E-state index is 12.7. The van der Waals surface area contributed by atoms with Crippen molar-refractivity contribution in [3.8, 4) is 0 Å². The summed E-state index contributed by atoms with van der Waals surface area (Å²) < 4.78 is 30.8. The summed E-state index contributed by atoms with van der Waals surface area (Å²) >= 11 is 0. The van der Waals surface area contributed by atoms with Crippen molar-refractivity contribution in [3.63, 3.8) is 0 Å². The third-order valence-corrected chi connectivity index (χ3v) is 3.90. The van der Waals surface area contributed by atoms with Gasteiger partial charge >= 0.3 is 0 Å². The Bertz CT molecular complexity index is 656. The van der Waals surface area contributed by atoms with Gasteiger partial charge in [-0.15, -0.1) is 0 Å². The van der Waals surface area contributed by atoms with E-state index in [1.165, 1.54) is 18.2 Å². The first-order chi connectivity index (χ1) is 13.0. The molecule has 2 aromatic rings. The fraction of sp³-hybridized carbons (Fsp3) is 0.381. The number of amides is 1. The molecule has 0 saturated heterocycles. The van der Waals surface area contributed by atoms with Gasteiger partial charge in [0, 0.05) is 6.42 Å². The fourth-order valence-electron chi connectivity index (χ4n) is 2.33. The van der Waals surface area contributed by atoms with Gasteiger partial charge in [-0.05, 0) is 49.1 Å². The van der Waals surface area contributed by atoms with Crippen molar-refractivity contribution in [2.45, 2.75) is 52.2 Å². The number of ether oxygens (including phenoxy) is 1. The number of benzene rings is 2. The number of aryl methyl sites for hydroxylation is 1. The lowest BCUT2D eigenvalue weighted by atomic mass is 10.1. The molecular weight excluding hydrogens is 352 g/mol. The molecular formula is C21H27F2NO3. The lowest BCUT2D eigenvalue weighted by Crippen LogP contribution is -2.21. The van der Waals surface area contributed by atoms with Crippen LogP contribution in [0.3, 0.4) is 0 Å². The van der Waals surface area contributed by atoms with Crippen LogP contribution in [-0.4, -0.2) is 17.2 Å². The number of hydroxylamine groups is 1. The van der Waals surface area contributed by atoms with Gasteiger partial charge in [-0.1, -0.05) is 43.7 Å². The summed E-state index contributed by atoms with van der Waals surface area (Å²) in [5.41, 5.74) is 3.21. The van der Waals surface area contributed by atoms with E-state index >= 15 is 0 Å². The number of carbonyl (C=O) groups excluding carboxylic acids is 1. The maximum atomic E-state index is 12.7. The zero-order chi connectivity index (χ0) is 20.1. The van der Waals surface area contributed by atoms with Crippen molar-refractivity contribution in [1.29, 1.82) is 0 Å². The third kappa shape index (κ3) is 9.82. The van der Waals surface area contributed by atoms with Gasteiger partial charge in [0.1, 0.15) is 11.6 Å². The second kappa shape index (κ2) is 12.9. The molecule has 27 heavy (non-hydrogen) atoms. The SMILES string of the molecule is CCCC(CCC(=O)NO)OCc1ccc(F)cc1.Cc1ccccc1F. The number of hydrogen-bond donors (Lipinski definition) is 2. The van der Waals surface area contributed by atoms with Crippen LogP contribution in [-0.2, 0) is 16.1 Å². The number of carbonyl (C=O) groups is 1. The molecule has 0 aliphatic rings. The predicted molar refractivity (Wildman–Crippen MR) is 100 cm³/mol. The van der Waals surface area contributed by atoms with E-state index in [2.05, 4.69) is 0 Å². The number of rotatable bonds is 8. The lowest BCUT2D eigenvalue weighted by molar-refractivity contribution is -0.130. The van der Waals surface area contributed by atoms with Crippen LogP contribution in [0.1, 0.15) is 43.7 Å². The molecule has 1 atom stereocenters. The van der Waals surface area contributed by atoms with E-state index < -0.39 is 5.91 Å². The van der Waals surface area contributed by atoms with Gasteiger partial charge < -0.3 is 4.74 Å². The van der Waals surface area contributed by atoms with E-state index in [-0.39, 0.29) is 24.2 Å². The van der Waals surface area contributed by atoms with Crippen LogP contribution >= 0.6 is 0 Å². The number of hydrogen-bond acceptors (Lipinski definition) is 3. The molecule has 1 amide bonds. The van der Waals surface area contributed by atoms with Crippen molar-refractivity contribution >= 4 is 5.91 Å². The quantitative estimate of drug-likeness (QED) is 0.505. The highest BCUT2D eigenvalue weighted by molar-refractivity contribution is 5.74. The van der Waals surface area contributed by atoms with Gasteiger partial charge in [-0.2, -0.15) is 0 Å². The summed E-state index contributed by atoms with van der Waals surface area (Å²) in [7, 11) is 0. The first-order valence-corrected chi connectivity index (χ1v) is 8.96. The van der Waals surface area contributed by atoms with E-state index in [4.69, 9.17) is 9.94 Å². The van der Waals surface area contributed by atoms with Crippen LogP contribution in [0.25, 0.3) is 0 Å².